The number of benzene rings is 2. The van der Waals surface area contributed by atoms with Crippen molar-refractivity contribution in [2.75, 3.05) is 42.8 Å². The van der Waals surface area contributed by atoms with Gasteiger partial charge in [-0.05, 0) is 48.6 Å². The lowest BCUT2D eigenvalue weighted by atomic mass is 9.98. The van der Waals surface area contributed by atoms with E-state index in [1.165, 1.54) is 7.11 Å². The Bertz CT molecular complexity index is 1240. The number of nitrogens with one attached hydrogen (secondary N) is 2. The summed E-state index contributed by atoms with van der Waals surface area (Å²) in [6, 6.07) is 12.2. The highest BCUT2D eigenvalue weighted by Crippen LogP contribution is 2.29. The van der Waals surface area contributed by atoms with Gasteiger partial charge in [-0.1, -0.05) is 19.1 Å². The van der Waals surface area contributed by atoms with E-state index in [2.05, 4.69) is 17.6 Å². The van der Waals surface area contributed by atoms with Gasteiger partial charge in [0, 0.05) is 31.3 Å². The fraction of sp³-hybridized carbons (Fsp3) is 0.346. The Hall–Kier alpha value is -3.81. The number of carbonyl (C=O) groups excluding carboxylic acids is 1. The lowest BCUT2D eigenvalue weighted by Gasteiger charge is -2.33. The zero-order valence-electron chi connectivity index (χ0n) is 19.6. The molecule has 0 unspecified atom stereocenters. The van der Waals surface area contributed by atoms with E-state index in [-0.39, 0.29) is 5.91 Å². The molecule has 0 saturated carbocycles. The number of hydrogen-bond donors (Lipinski definition) is 2. The van der Waals surface area contributed by atoms with Crippen LogP contribution in [0.5, 0.6) is 11.5 Å². The third-order valence-electron chi connectivity index (χ3n) is 6.33. The normalized spacial score (nSPS) is 14.1. The van der Waals surface area contributed by atoms with Gasteiger partial charge in [-0.25, -0.2) is 0 Å². The molecule has 1 fully saturated rings. The lowest BCUT2D eigenvalue weighted by Crippen LogP contribution is -2.45. The zero-order valence-corrected chi connectivity index (χ0v) is 19.6. The predicted octanol–water partition coefficient (Wildman–Crippen LogP) is 3.40. The van der Waals surface area contributed by atoms with Crippen LogP contribution in [0.1, 0.15) is 35.7 Å². The smallest absolute Gasteiger partial charge is 0.255 e. The average Bonchev–Trinajstić information content (AvgIpc) is 2.87. The fourth-order valence-electron chi connectivity index (χ4n) is 4.14. The summed E-state index contributed by atoms with van der Waals surface area (Å²) in [4.78, 5) is 39.0. The maximum Gasteiger partial charge on any atom is 0.255 e. The summed E-state index contributed by atoms with van der Waals surface area (Å²) in [7, 11) is 3.09. The van der Waals surface area contributed by atoms with E-state index in [9.17, 15) is 14.4 Å². The number of amides is 1. The Kier molecular flexibility index (Phi) is 6.86. The quantitative estimate of drug-likeness (QED) is 0.494. The first-order chi connectivity index (χ1) is 16.4. The number of carbonyl (C=O) groups is 1. The number of nitrogens with zero attached hydrogens (tertiary/aromatic N) is 1. The Morgan fingerprint density at radius 2 is 1.71 bits per heavy atom. The molecule has 8 nitrogen and oxygen atoms in total. The molecule has 1 amide bonds. The maximum absolute atomic E-state index is 12.7. The molecule has 1 heterocycles. The van der Waals surface area contributed by atoms with Gasteiger partial charge >= 0.3 is 0 Å². The molecule has 0 spiro atoms. The highest BCUT2D eigenvalue weighted by molar-refractivity contribution is 6.05. The first-order valence-corrected chi connectivity index (χ1v) is 11.4. The van der Waals surface area contributed by atoms with Crippen molar-refractivity contribution in [3.8, 4) is 11.5 Å². The molecule has 0 atom stereocenters. The largest absolute Gasteiger partial charge is 0.497 e. The number of hydrogen-bond acceptors (Lipinski definition) is 7. The van der Waals surface area contributed by atoms with Gasteiger partial charge < -0.3 is 25.0 Å². The monoisotopic (exact) mass is 463 g/mol. The van der Waals surface area contributed by atoms with Gasteiger partial charge in [0.25, 0.3) is 16.8 Å². The molecular weight excluding hydrogens is 434 g/mol. The lowest BCUT2D eigenvalue weighted by molar-refractivity contribution is 0.102. The number of anilines is 3. The van der Waals surface area contributed by atoms with E-state index in [1.54, 1.807) is 37.4 Å². The summed E-state index contributed by atoms with van der Waals surface area (Å²) in [5, 5.41) is 5.97. The Morgan fingerprint density at radius 3 is 2.35 bits per heavy atom. The molecule has 34 heavy (non-hydrogen) atoms. The standard InChI is InChI=1S/C26H29N3O5/c1-16-10-12-29(13-11-16)23-22(24(30)25(23)31)27-15-17-4-6-18(7-5-17)26(32)28-20-9-8-19(33-2)14-21(20)34-3/h4-9,14,16,27H,10-13,15H2,1-3H3,(H,28,32). The summed E-state index contributed by atoms with van der Waals surface area (Å²) >= 11 is 0. The van der Waals surface area contributed by atoms with Crippen molar-refractivity contribution >= 4 is 23.0 Å². The highest BCUT2D eigenvalue weighted by Gasteiger charge is 2.28. The summed E-state index contributed by atoms with van der Waals surface area (Å²) in [6.07, 6.45) is 2.04. The Labute approximate surface area is 198 Å². The van der Waals surface area contributed by atoms with E-state index < -0.39 is 10.9 Å². The molecule has 1 saturated heterocycles. The molecule has 1 aliphatic rings. The van der Waals surface area contributed by atoms with Crippen LogP contribution in [0.4, 0.5) is 17.1 Å². The molecule has 8 heteroatoms. The number of piperidine rings is 1. The van der Waals surface area contributed by atoms with Crippen molar-refractivity contribution in [3.63, 3.8) is 0 Å². The highest BCUT2D eigenvalue weighted by atomic mass is 16.5. The van der Waals surface area contributed by atoms with Gasteiger partial charge in [0.05, 0.1) is 19.9 Å². The molecule has 0 aliphatic carbocycles. The third-order valence-corrected chi connectivity index (χ3v) is 6.33. The SMILES string of the molecule is COc1ccc(NC(=O)c2ccc(CNc3c(N4CCC(C)CC4)c(=O)c3=O)cc2)c(OC)c1. The van der Waals surface area contributed by atoms with Crippen LogP contribution in [0.3, 0.4) is 0 Å². The minimum atomic E-state index is -0.460. The molecule has 4 rings (SSSR count). The van der Waals surface area contributed by atoms with Crippen LogP contribution in [-0.4, -0.2) is 33.2 Å². The predicted molar refractivity (Wildman–Crippen MR) is 133 cm³/mol. The second-order valence-corrected chi connectivity index (χ2v) is 8.62. The van der Waals surface area contributed by atoms with Crippen molar-refractivity contribution in [3.05, 3.63) is 74.0 Å². The second-order valence-electron chi connectivity index (χ2n) is 8.62. The van der Waals surface area contributed by atoms with E-state index in [0.717, 1.165) is 31.5 Å². The van der Waals surface area contributed by atoms with Gasteiger partial charge in [0.1, 0.15) is 22.9 Å². The summed E-state index contributed by atoms with van der Waals surface area (Å²) in [5.74, 6) is 1.50. The van der Waals surface area contributed by atoms with Crippen molar-refractivity contribution in [2.45, 2.75) is 26.3 Å². The number of methoxy groups -OCH3 is 2. The summed E-state index contributed by atoms with van der Waals surface area (Å²) in [5.41, 5.74) is 1.97. The van der Waals surface area contributed by atoms with Crippen molar-refractivity contribution in [1.82, 2.24) is 0 Å². The first-order valence-electron chi connectivity index (χ1n) is 11.4. The number of rotatable bonds is 8. The van der Waals surface area contributed by atoms with Crippen molar-refractivity contribution in [2.24, 2.45) is 5.92 Å². The van der Waals surface area contributed by atoms with Crippen LogP contribution in [0, 0.1) is 5.92 Å². The van der Waals surface area contributed by atoms with Crippen LogP contribution in [0.25, 0.3) is 0 Å². The van der Waals surface area contributed by atoms with Gasteiger partial charge in [-0.2, -0.15) is 0 Å². The maximum atomic E-state index is 12.7. The van der Waals surface area contributed by atoms with Crippen LogP contribution >= 0.6 is 0 Å². The van der Waals surface area contributed by atoms with Crippen molar-refractivity contribution < 1.29 is 14.3 Å². The summed E-state index contributed by atoms with van der Waals surface area (Å²) in [6.45, 7) is 4.18. The molecule has 3 aromatic rings. The van der Waals surface area contributed by atoms with E-state index >= 15 is 0 Å². The molecule has 2 N–H and O–H groups in total. The molecule has 3 aromatic carbocycles. The third kappa shape index (κ3) is 4.76. The van der Waals surface area contributed by atoms with Gasteiger partial charge in [0.15, 0.2) is 0 Å². The number of ether oxygens (including phenoxy) is 2. The molecular formula is C26H29N3O5. The summed E-state index contributed by atoms with van der Waals surface area (Å²) < 4.78 is 10.5. The topological polar surface area (TPSA) is 97.0 Å². The van der Waals surface area contributed by atoms with Gasteiger partial charge in [0.2, 0.25) is 0 Å². The second kappa shape index (κ2) is 9.99. The molecule has 178 valence electrons. The van der Waals surface area contributed by atoms with E-state index in [0.29, 0.717) is 46.6 Å². The minimum absolute atomic E-state index is 0.271. The van der Waals surface area contributed by atoms with E-state index in [1.807, 2.05) is 17.0 Å². The molecule has 1 aliphatic heterocycles. The molecule has 0 radical (unpaired) electrons. The Morgan fingerprint density at radius 1 is 1.00 bits per heavy atom. The van der Waals surface area contributed by atoms with Crippen LogP contribution in [0.15, 0.2) is 52.1 Å². The minimum Gasteiger partial charge on any atom is -0.497 e. The average molecular weight is 464 g/mol. The van der Waals surface area contributed by atoms with Crippen LogP contribution < -0.4 is 35.9 Å². The molecule has 0 bridgehead atoms. The van der Waals surface area contributed by atoms with Crippen LogP contribution in [-0.2, 0) is 6.54 Å². The zero-order chi connectivity index (χ0) is 24.2. The van der Waals surface area contributed by atoms with E-state index in [4.69, 9.17) is 9.47 Å². The van der Waals surface area contributed by atoms with Crippen molar-refractivity contribution in [1.29, 1.82) is 0 Å². The van der Waals surface area contributed by atoms with Gasteiger partial charge in [-0.3, -0.25) is 14.4 Å². The van der Waals surface area contributed by atoms with Gasteiger partial charge in [-0.15, -0.1) is 0 Å². The first kappa shape index (κ1) is 23.4. The molecule has 0 aromatic heterocycles. The Balaban J connectivity index is 1.39. The van der Waals surface area contributed by atoms with Crippen LogP contribution in [0.2, 0.25) is 0 Å². The fourth-order valence-corrected chi connectivity index (χ4v) is 4.14.